The fraction of sp³-hybridized carbons (Fsp3) is 1.00. The van der Waals surface area contributed by atoms with Crippen molar-refractivity contribution in [3.8, 4) is 0 Å². The minimum atomic E-state index is -0.568. The van der Waals surface area contributed by atoms with E-state index in [1.54, 1.807) is 0 Å². The predicted octanol–water partition coefficient (Wildman–Crippen LogP) is -0.339. The standard InChI is InChI=1S/C8H18N2O/c1-8(11)6-9-5-4-7(8)10(2)3/h7,9,11H,4-6H2,1-3H3/t7-,8-/m0/s1. The third-order valence-electron chi connectivity index (χ3n) is 2.42. The van der Waals surface area contributed by atoms with Gasteiger partial charge in [0.2, 0.25) is 0 Å². The zero-order valence-electron chi connectivity index (χ0n) is 7.59. The van der Waals surface area contributed by atoms with E-state index < -0.39 is 5.60 Å². The molecule has 1 aliphatic heterocycles. The van der Waals surface area contributed by atoms with E-state index in [1.165, 1.54) is 0 Å². The molecular formula is C8H18N2O. The summed E-state index contributed by atoms with van der Waals surface area (Å²) < 4.78 is 0. The zero-order valence-corrected chi connectivity index (χ0v) is 7.59. The van der Waals surface area contributed by atoms with Gasteiger partial charge in [-0.15, -0.1) is 0 Å². The highest BCUT2D eigenvalue weighted by Crippen LogP contribution is 2.19. The van der Waals surface area contributed by atoms with Crippen molar-refractivity contribution in [2.24, 2.45) is 0 Å². The number of rotatable bonds is 1. The lowest BCUT2D eigenvalue weighted by Gasteiger charge is -2.41. The van der Waals surface area contributed by atoms with Gasteiger partial charge in [0.15, 0.2) is 0 Å². The fourth-order valence-corrected chi connectivity index (χ4v) is 1.82. The van der Waals surface area contributed by atoms with Crippen molar-refractivity contribution >= 4 is 0 Å². The first-order valence-electron chi connectivity index (χ1n) is 4.13. The molecular weight excluding hydrogens is 140 g/mol. The Morgan fingerprint density at radius 1 is 1.55 bits per heavy atom. The van der Waals surface area contributed by atoms with Gasteiger partial charge in [-0.05, 0) is 34.0 Å². The molecule has 0 unspecified atom stereocenters. The molecule has 1 saturated heterocycles. The molecule has 2 N–H and O–H groups in total. The molecule has 0 amide bonds. The van der Waals surface area contributed by atoms with Crippen molar-refractivity contribution in [1.82, 2.24) is 10.2 Å². The van der Waals surface area contributed by atoms with E-state index in [2.05, 4.69) is 10.2 Å². The van der Waals surface area contributed by atoms with E-state index in [1.807, 2.05) is 21.0 Å². The topological polar surface area (TPSA) is 35.5 Å². The second-order valence-corrected chi connectivity index (χ2v) is 3.80. The number of nitrogens with one attached hydrogen (secondary N) is 1. The summed E-state index contributed by atoms with van der Waals surface area (Å²) in [6.45, 7) is 3.61. The predicted molar refractivity (Wildman–Crippen MR) is 45.6 cm³/mol. The SMILES string of the molecule is CN(C)[C@H]1CCNC[C@]1(C)O. The lowest BCUT2D eigenvalue weighted by Crippen LogP contribution is -2.58. The number of hydrogen-bond donors (Lipinski definition) is 2. The number of piperidine rings is 1. The highest BCUT2D eigenvalue weighted by atomic mass is 16.3. The van der Waals surface area contributed by atoms with Gasteiger partial charge in [0, 0.05) is 12.6 Å². The lowest BCUT2D eigenvalue weighted by molar-refractivity contribution is -0.0343. The van der Waals surface area contributed by atoms with Crippen molar-refractivity contribution in [3.05, 3.63) is 0 Å². The van der Waals surface area contributed by atoms with Crippen LogP contribution in [0.25, 0.3) is 0 Å². The second-order valence-electron chi connectivity index (χ2n) is 3.80. The van der Waals surface area contributed by atoms with Gasteiger partial charge in [0.25, 0.3) is 0 Å². The summed E-state index contributed by atoms with van der Waals surface area (Å²) in [6.07, 6.45) is 1.03. The molecule has 0 saturated carbocycles. The number of β-amino-alcohol motifs (C(OH)–C–C–N with tert-alkyl or cyclic N) is 1. The van der Waals surface area contributed by atoms with Crippen LogP contribution in [0.3, 0.4) is 0 Å². The minimum absolute atomic E-state index is 0.295. The number of aliphatic hydroxyl groups is 1. The lowest BCUT2D eigenvalue weighted by atomic mass is 9.90. The Labute approximate surface area is 68.4 Å². The first-order valence-corrected chi connectivity index (χ1v) is 4.13. The van der Waals surface area contributed by atoms with E-state index >= 15 is 0 Å². The molecule has 0 aliphatic carbocycles. The van der Waals surface area contributed by atoms with E-state index in [0.29, 0.717) is 12.6 Å². The average molecular weight is 158 g/mol. The van der Waals surface area contributed by atoms with E-state index in [-0.39, 0.29) is 0 Å². The number of likely N-dealkylation sites (N-methyl/N-ethyl adjacent to an activating group) is 1. The molecule has 1 heterocycles. The largest absolute Gasteiger partial charge is 0.387 e. The summed E-state index contributed by atoms with van der Waals surface area (Å²) in [5.41, 5.74) is -0.568. The van der Waals surface area contributed by atoms with Crippen molar-refractivity contribution < 1.29 is 5.11 Å². The molecule has 1 aliphatic rings. The van der Waals surface area contributed by atoms with Crippen molar-refractivity contribution in [1.29, 1.82) is 0 Å². The van der Waals surface area contributed by atoms with Crippen molar-refractivity contribution in [2.75, 3.05) is 27.2 Å². The van der Waals surface area contributed by atoms with E-state index in [0.717, 1.165) is 13.0 Å². The molecule has 3 nitrogen and oxygen atoms in total. The van der Waals surface area contributed by atoms with Crippen LogP contribution < -0.4 is 5.32 Å². The molecule has 0 radical (unpaired) electrons. The van der Waals surface area contributed by atoms with Gasteiger partial charge >= 0.3 is 0 Å². The Balaban J connectivity index is 2.60. The normalized spacial score (nSPS) is 39.5. The van der Waals surface area contributed by atoms with Crippen LogP contribution in [-0.2, 0) is 0 Å². The molecule has 0 aromatic rings. The van der Waals surface area contributed by atoms with Crippen LogP contribution in [0.1, 0.15) is 13.3 Å². The molecule has 1 fully saturated rings. The summed E-state index contributed by atoms with van der Waals surface area (Å²) in [4.78, 5) is 2.10. The molecule has 0 aromatic heterocycles. The maximum Gasteiger partial charge on any atom is 0.0897 e. The Hall–Kier alpha value is -0.120. The van der Waals surface area contributed by atoms with Gasteiger partial charge < -0.3 is 15.3 Å². The molecule has 11 heavy (non-hydrogen) atoms. The third kappa shape index (κ3) is 1.92. The highest BCUT2D eigenvalue weighted by Gasteiger charge is 2.35. The minimum Gasteiger partial charge on any atom is -0.387 e. The molecule has 0 bridgehead atoms. The second kappa shape index (κ2) is 3.09. The maximum atomic E-state index is 9.90. The Kier molecular flexibility index (Phi) is 2.52. The molecule has 2 atom stereocenters. The number of nitrogens with zero attached hydrogens (tertiary/aromatic N) is 1. The van der Waals surface area contributed by atoms with Gasteiger partial charge in [-0.25, -0.2) is 0 Å². The van der Waals surface area contributed by atoms with Gasteiger partial charge in [-0.3, -0.25) is 0 Å². The van der Waals surface area contributed by atoms with Gasteiger partial charge in [-0.1, -0.05) is 0 Å². The molecule has 1 rings (SSSR count). The van der Waals surface area contributed by atoms with Crippen LogP contribution in [0.15, 0.2) is 0 Å². The van der Waals surface area contributed by atoms with Crippen LogP contribution in [0.2, 0.25) is 0 Å². The molecule has 0 aromatic carbocycles. The molecule has 3 heteroatoms. The smallest absolute Gasteiger partial charge is 0.0897 e. The first-order chi connectivity index (χ1) is 5.04. The quantitative estimate of drug-likeness (QED) is 0.548. The zero-order chi connectivity index (χ0) is 8.48. The molecule has 0 spiro atoms. The van der Waals surface area contributed by atoms with Crippen LogP contribution in [0, 0.1) is 0 Å². The highest BCUT2D eigenvalue weighted by molar-refractivity contribution is 4.93. The monoisotopic (exact) mass is 158 g/mol. The number of hydrogen-bond acceptors (Lipinski definition) is 3. The van der Waals surface area contributed by atoms with Crippen LogP contribution >= 0.6 is 0 Å². The van der Waals surface area contributed by atoms with Crippen molar-refractivity contribution in [2.45, 2.75) is 25.0 Å². The van der Waals surface area contributed by atoms with Crippen LogP contribution in [0.5, 0.6) is 0 Å². The Morgan fingerprint density at radius 3 is 2.55 bits per heavy atom. The maximum absolute atomic E-state index is 9.90. The first kappa shape index (κ1) is 8.97. The summed E-state index contributed by atoms with van der Waals surface area (Å²) in [6, 6.07) is 0.295. The van der Waals surface area contributed by atoms with Crippen molar-refractivity contribution in [3.63, 3.8) is 0 Å². The summed E-state index contributed by atoms with van der Waals surface area (Å²) in [5, 5.41) is 13.1. The van der Waals surface area contributed by atoms with Gasteiger partial charge in [-0.2, -0.15) is 0 Å². The summed E-state index contributed by atoms with van der Waals surface area (Å²) in [5.74, 6) is 0. The van der Waals surface area contributed by atoms with Gasteiger partial charge in [0.1, 0.15) is 0 Å². The van der Waals surface area contributed by atoms with Gasteiger partial charge in [0.05, 0.1) is 5.60 Å². The summed E-state index contributed by atoms with van der Waals surface area (Å²) >= 11 is 0. The van der Waals surface area contributed by atoms with Crippen LogP contribution in [-0.4, -0.2) is 48.8 Å². The third-order valence-corrected chi connectivity index (χ3v) is 2.42. The molecule has 66 valence electrons. The Bertz CT molecular complexity index is 134. The van der Waals surface area contributed by atoms with Crippen LogP contribution in [0.4, 0.5) is 0 Å². The van der Waals surface area contributed by atoms with E-state index in [4.69, 9.17) is 0 Å². The summed E-state index contributed by atoms with van der Waals surface area (Å²) in [7, 11) is 4.04. The average Bonchev–Trinajstić information content (AvgIpc) is 1.85. The Morgan fingerprint density at radius 2 is 2.18 bits per heavy atom. The fourth-order valence-electron chi connectivity index (χ4n) is 1.82. The van der Waals surface area contributed by atoms with E-state index in [9.17, 15) is 5.11 Å².